The number of carbonyl (C=O) groups excluding carboxylic acids is 1. The summed E-state index contributed by atoms with van der Waals surface area (Å²) in [6.45, 7) is 0. The molecular formula is C7H7BrN2O. The van der Waals surface area contributed by atoms with Crippen molar-refractivity contribution in [1.29, 1.82) is 0 Å². The lowest BCUT2D eigenvalue weighted by Gasteiger charge is -2.01. The molecule has 0 unspecified atom stereocenters. The van der Waals surface area contributed by atoms with Crippen molar-refractivity contribution >= 4 is 27.5 Å². The molecule has 3 nitrogen and oxygen atoms in total. The molecule has 0 aromatic heterocycles. The molecule has 58 valence electrons. The summed E-state index contributed by atoms with van der Waals surface area (Å²) in [7, 11) is 0. The van der Waals surface area contributed by atoms with Crippen molar-refractivity contribution in [2.45, 2.75) is 0 Å². The van der Waals surface area contributed by atoms with Gasteiger partial charge in [-0.1, -0.05) is 6.07 Å². The Hall–Kier alpha value is -1.03. The predicted octanol–water partition coefficient (Wildman–Crippen LogP) is 1.13. The van der Waals surface area contributed by atoms with E-state index in [0.29, 0.717) is 15.7 Å². The first kappa shape index (κ1) is 8.07. The van der Waals surface area contributed by atoms with E-state index in [1.807, 2.05) is 0 Å². The summed E-state index contributed by atoms with van der Waals surface area (Å²) in [6, 6.07) is 4.99. The first-order valence-electron chi connectivity index (χ1n) is 2.96. The Morgan fingerprint density at radius 1 is 1.45 bits per heavy atom. The van der Waals surface area contributed by atoms with Crippen LogP contribution < -0.4 is 11.5 Å². The maximum atomic E-state index is 10.7. The Kier molecular flexibility index (Phi) is 2.14. The maximum absolute atomic E-state index is 10.7. The molecule has 4 heteroatoms. The van der Waals surface area contributed by atoms with Crippen LogP contribution in [0.2, 0.25) is 0 Å². The standard InChI is InChI=1S/C7H7BrN2O/c8-6-4(7(10)11)2-1-3-5(6)9/h1-3H,9H2,(H2,10,11). The number of nitrogens with two attached hydrogens (primary N) is 2. The van der Waals surface area contributed by atoms with Crippen molar-refractivity contribution < 1.29 is 4.79 Å². The molecule has 0 saturated carbocycles. The number of primary amides is 1. The van der Waals surface area contributed by atoms with E-state index in [0.717, 1.165) is 0 Å². The summed E-state index contributed by atoms with van der Waals surface area (Å²) >= 11 is 3.15. The van der Waals surface area contributed by atoms with Gasteiger partial charge in [0.2, 0.25) is 5.91 Å². The van der Waals surface area contributed by atoms with E-state index >= 15 is 0 Å². The molecule has 0 bridgehead atoms. The first-order chi connectivity index (χ1) is 5.13. The highest BCUT2D eigenvalue weighted by Crippen LogP contribution is 2.22. The highest BCUT2D eigenvalue weighted by molar-refractivity contribution is 9.10. The van der Waals surface area contributed by atoms with Gasteiger partial charge in [0.25, 0.3) is 0 Å². The lowest BCUT2D eigenvalue weighted by molar-refractivity contribution is 0.0999. The van der Waals surface area contributed by atoms with Crippen LogP contribution in [0.25, 0.3) is 0 Å². The second-order valence-corrected chi connectivity index (χ2v) is 2.87. The molecule has 0 aliphatic carbocycles. The van der Waals surface area contributed by atoms with Crippen LogP contribution in [0.1, 0.15) is 10.4 Å². The van der Waals surface area contributed by atoms with Crippen molar-refractivity contribution in [3.05, 3.63) is 28.2 Å². The lowest BCUT2D eigenvalue weighted by Crippen LogP contribution is -2.12. The van der Waals surface area contributed by atoms with Crippen LogP contribution in [-0.2, 0) is 0 Å². The van der Waals surface area contributed by atoms with Gasteiger partial charge >= 0.3 is 0 Å². The Balaban J connectivity index is 3.27. The molecule has 0 aliphatic rings. The quantitative estimate of drug-likeness (QED) is 0.689. The number of halogens is 1. The summed E-state index contributed by atoms with van der Waals surface area (Å²) in [5.74, 6) is -0.482. The van der Waals surface area contributed by atoms with Crippen LogP contribution in [-0.4, -0.2) is 5.91 Å². The average molecular weight is 215 g/mol. The van der Waals surface area contributed by atoms with Gasteiger partial charge in [0.05, 0.1) is 10.0 Å². The molecule has 0 spiro atoms. The van der Waals surface area contributed by atoms with Gasteiger partial charge in [-0.2, -0.15) is 0 Å². The van der Waals surface area contributed by atoms with Gasteiger partial charge in [0, 0.05) is 5.69 Å². The number of hydrogen-bond acceptors (Lipinski definition) is 2. The van der Waals surface area contributed by atoms with E-state index < -0.39 is 5.91 Å². The molecule has 11 heavy (non-hydrogen) atoms. The zero-order valence-corrected chi connectivity index (χ0v) is 7.26. The number of nitrogen functional groups attached to an aromatic ring is 1. The highest BCUT2D eigenvalue weighted by Gasteiger charge is 2.06. The highest BCUT2D eigenvalue weighted by atomic mass is 79.9. The molecule has 0 atom stereocenters. The molecule has 1 rings (SSSR count). The normalized spacial score (nSPS) is 9.55. The van der Waals surface area contributed by atoms with Crippen LogP contribution in [0.4, 0.5) is 5.69 Å². The minimum absolute atomic E-state index is 0.407. The second kappa shape index (κ2) is 2.92. The molecule has 0 saturated heterocycles. The Morgan fingerprint density at radius 3 is 2.55 bits per heavy atom. The molecular weight excluding hydrogens is 208 g/mol. The third-order valence-corrected chi connectivity index (χ3v) is 2.18. The fourth-order valence-corrected chi connectivity index (χ4v) is 1.20. The molecule has 0 fully saturated rings. The number of hydrogen-bond donors (Lipinski definition) is 2. The topological polar surface area (TPSA) is 69.1 Å². The van der Waals surface area contributed by atoms with Crippen molar-refractivity contribution in [2.24, 2.45) is 5.73 Å². The van der Waals surface area contributed by atoms with E-state index in [4.69, 9.17) is 11.5 Å². The van der Waals surface area contributed by atoms with Gasteiger partial charge in [0.15, 0.2) is 0 Å². The summed E-state index contributed by atoms with van der Waals surface area (Å²) < 4.78 is 0.563. The molecule has 1 aromatic carbocycles. The van der Waals surface area contributed by atoms with Gasteiger partial charge in [-0.25, -0.2) is 0 Å². The van der Waals surface area contributed by atoms with Gasteiger partial charge in [-0.3, -0.25) is 4.79 Å². The van der Waals surface area contributed by atoms with Gasteiger partial charge in [-0.15, -0.1) is 0 Å². The fraction of sp³-hybridized carbons (Fsp3) is 0. The molecule has 4 N–H and O–H groups in total. The molecule has 0 heterocycles. The van der Waals surface area contributed by atoms with Crippen molar-refractivity contribution in [1.82, 2.24) is 0 Å². The largest absolute Gasteiger partial charge is 0.398 e. The Morgan fingerprint density at radius 2 is 2.09 bits per heavy atom. The Bertz CT molecular complexity index is 298. The monoisotopic (exact) mass is 214 g/mol. The SMILES string of the molecule is NC(=O)c1cccc(N)c1Br. The molecule has 1 aromatic rings. The first-order valence-corrected chi connectivity index (χ1v) is 3.76. The van der Waals surface area contributed by atoms with Crippen LogP contribution in [0, 0.1) is 0 Å². The van der Waals surface area contributed by atoms with Crippen LogP contribution in [0.5, 0.6) is 0 Å². The lowest BCUT2D eigenvalue weighted by atomic mass is 10.2. The zero-order valence-electron chi connectivity index (χ0n) is 5.67. The summed E-state index contributed by atoms with van der Waals surface area (Å²) in [4.78, 5) is 10.7. The van der Waals surface area contributed by atoms with Crippen molar-refractivity contribution in [3.8, 4) is 0 Å². The van der Waals surface area contributed by atoms with E-state index in [2.05, 4.69) is 15.9 Å². The molecule has 0 radical (unpaired) electrons. The summed E-state index contributed by atoms with van der Waals surface area (Å²) in [5.41, 5.74) is 11.5. The minimum Gasteiger partial charge on any atom is -0.398 e. The van der Waals surface area contributed by atoms with Crippen molar-refractivity contribution in [2.75, 3.05) is 5.73 Å². The maximum Gasteiger partial charge on any atom is 0.249 e. The predicted molar refractivity (Wildman–Crippen MR) is 47.1 cm³/mol. The van der Waals surface area contributed by atoms with Gasteiger partial charge in [0.1, 0.15) is 0 Å². The van der Waals surface area contributed by atoms with E-state index in [1.54, 1.807) is 18.2 Å². The fourth-order valence-electron chi connectivity index (χ4n) is 0.740. The number of amides is 1. The minimum atomic E-state index is -0.482. The Labute approximate surface area is 72.5 Å². The second-order valence-electron chi connectivity index (χ2n) is 2.07. The molecule has 0 aliphatic heterocycles. The number of anilines is 1. The van der Waals surface area contributed by atoms with Crippen LogP contribution in [0.3, 0.4) is 0 Å². The average Bonchev–Trinajstić information content (AvgIpc) is 1.94. The summed E-state index contributed by atoms with van der Waals surface area (Å²) in [5, 5.41) is 0. The number of rotatable bonds is 1. The summed E-state index contributed by atoms with van der Waals surface area (Å²) in [6.07, 6.45) is 0. The third-order valence-electron chi connectivity index (χ3n) is 1.29. The van der Waals surface area contributed by atoms with Gasteiger partial charge in [-0.05, 0) is 28.1 Å². The van der Waals surface area contributed by atoms with E-state index in [9.17, 15) is 4.79 Å². The smallest absolute Gasteiger partial charge is 0.249 e. The third kappa shape index (κ3) is 1.51. The van der Waals surface area contributed by atoms with Crippen LogP contribution in [0.15, 0.2) is 22.7 Å². The number of benzene rings is 1. The number of carbonyl (C=O) groups is 1. The zero-order chi connectivity index (χ0) is 8.43. The van der Waals surface area contributed by atoms with E-state index in [1.165, 1.54) is 0 Å². The van der Waals surface area contributed by atoms with E-state index in [-0.39, 0.29) is 0 Å². The van der Waals surface area contributed by atoms with Crippen LogP contribution >= 0.6 is 15.9 Å². The molecule has 1 amide bonds. The van der Waals surface area contributed by atoms with Gasteiger partial charge < -0.3 is 11.5 Å². The van der Waals surface area contributed by atoms with Crippen molar-refractivity contribution in [3.63, 3.8) is 0 Å².